The highest BCUT2D eigenvalue weighted by Gasteiger charge is 2.04. The van der Waals surface area contributed by atoms with Gasteiger partial charge in [0, 0.05) is 41.5 Å². The van der Waals surface area contributed by atoms with E-state index in [-0.39, 0.29) is 0 Å². The fourth-order valence-electron chi connectivity index (χ4n) is 2.72. The molecule has 4 nitrogen and oxygen atoms in total. The molecular weight excluding hydrogens is 320 g/mol. The molecule has 26 heavy (non-hydrogen) atoms. The zero-order valence-electron chi connectivity index (χ0n) is 14.0. The maximum atomic E-state index is 4.47. The Kier molecular flexibility index (Phi) is 4.56. The van der Waals surface area contributed by atoms with Gasteiger partial charge in [0.05, 0.1) is 11.4 Å². The summed E-state index contributed by atoms with van der Waals surface area (Å²) >= 11 is 0. The average molecular weight is 336 g/mol. The van der Waals surface area contributed by atoms with Gasteiger partial charge >= 0.3 is 0 Å². The number of benzene rings is 2. The van der Waals surface area contributed by atoms with Gasteiger partial charge in [-0.05, 0) is 35.9 Å². The van der Waals surface area contributed by atoms with E-state index in [4.69, 9.17) is 0 Å². The van der Waals surface area contributed by atoms with Crippen LogP contribution in [0, 0.1) is 0 Å². The molecule has 0 bridgehead atoms. The second-order valence-corrected chi connectivity index (χ2v) is 5.75. The van der Waals surface area contributed by atoms with Crippen molar-refractivity contribution >= 4 is 11.4 Å². The van der Waals surface area contributed by atoms with Crippen molar-refractivity contribution in [3.63, 3.8) is 0 Å². The minimum Gasteiger partial charge on any atom is -0.264 e. The Balaban J connectivity index is 1.66. The molecule has 0 aliphatic rings. The lowest BCUT2D eigenvalue weighted by Crippen LogP contribution is -1.80. The third-order valence-corrected chi connectivity index (χ3v) is 3.99. The summed E-state index contributed by atoms with van der Waals surface area (Å²) in [6.45, 7) is 0. The lowest BCUT2D eigenvalue weighted by atomic mass is 10.1. The monoisotopic (exact) mass is 336 g/mol. The fourth-order valence-corrected chi connectivity index (χ4v) is 2.72. The van der Waals surface area contributed by atoms with E-state index in [1.165, 1.54) is 0 Å². The van der Waals surface area contributed by atoms with E-state index in [2.05, 4.69) is 20.2 Å². The summed E-state index contributed by atoms with van der Waals surface area (Å²) in [5, 5.41) is 8.90. The van der Waals surface area contributed by atoms with Gasteiger partial charge in [-0.25, -0.2) is 0 Å². The highest BCUT2D eigenvalue weighted by atomic mass is 15.1. The predicted molar refractivity (Wildman–Crippen MR) is 104 cm³/mol. The lowest BCUT2D eigenvalue weighted by molar-refractivity contribution is 1.23. The number of aromatic nitrogens is 2. The summed E-state index contributed by atoms with van der Waals surface area (Å²) < 4.78 is 0. The first kappa shape index (κ1) is 15.8. The quantitative estimate of drug-likeness (QED) is 0.415. The van der Waals surface area contributed by atoms with Crippen LogP contribution in [0.15, 0.2) is 108 Å². The Labute approximate surface area is 151 Å². The van der Waals surface area contributed by atoms with Gasteiger partial charge in [-0.2, -0.15) is 5.11 Å². The standard InChI is InChI=1S/C22H16N4/c1-2-11-22(21(10-1)19-8-5-13-24-16-19)26-25-20-9-3-6-17(14-20)18-7-4-12-23-15-18/h1-16H. The molecule has 0 aliphatic carbocycles. The molecule has 0 atom stereocenters. The van der Waals surface area contributed by atoms with Crippen molar-refractivity contribution in [2.24, 2.45) is 10.2 Å². The number of nitrogens with zero attached hydrogens (tertiary/aromatic N) is 4. The smallest absolute Gasteiger partial charge is 0.0935 e. The molecule has 0 saturated heterocycles. The summed E-state index contributed by atoms with van der Waals surface area (Å²) in [5.41, 5.74) is 5.76. The van der Waals surface area contributed by atoms with E-state index in [0.717, 1.165) is 33.6 Å². The molecule has 0 saturated carbocycles. The molecule has 0 fully saturated rings. The van der Waals surface area contributed by atoms with Gasteiger partial charge in [0.1, 0.15) is 0 Å². The first-order chi connectivity index (χ1) is 12.9. The molecule has 0 radical (unpaired) electrons. The summed E-state index contributed by atoms with van der Waals surface area (Å²) in [6, 6.07) is 23.8. The predicted octanol–water partition coefficient (Wildman–Crippen LogP) is 6.23. The van der Waals surface area contributed by atoms with Crippen LogP contribution in [0.4, 0.5) is 11.4 Å². The van der Waals surface area contributed by atoms with E-state index in [0.29, 0.717) is 0 Å². The van der Waals surface area contributed by atoms with Crippen molar-refractivity contribution in [3.05, 3.63) is 97.6 Å². The van der Waals surface area contributed by atoms with Crippen molar-refractivity contribution in [1.29, 1.82) is 0 Å². The summed E-state index contributed by atoms with van der Waals surface area (Å²) in [5.74, 6) is 0. The molecule has 4 rings (SSSR count). The number of azo groups is 1. The van der Waals surface area contributed by atoms with E-state index in [1.807, 2.05) is 85.2 Å². The minimum atomic E-state index is 0.798. The van der Waals surface area contributed by atoms with Gasteiger partial charge in [-0.15, -0.1) is 5.11 Å². The van der Waals surface area contributed by atoms with Crippen molar-refractivity contribution in [2.75, 3.05) is 0 Å². The molecule has 2 aromatic heterocycles. The van der Waals surface area contributed by atoms with Crippen molar-refractivity contribution in [2.45, 2.75) is 0 Å². The SMILES string of the molecule is c1cncc(-c2cccc(N=Nc3ccccc3-c3cccnc3)c2)c1. The molecular formula is C22H16N4. The van der Waals surface area contributed by atoms with Gasteiger partial charge in [0.2, 0.25) is 0 Å². The number of hydrogen-bond donors (Lipinski definition) is 0. The van der Waals surface area contributed by atoms with Gasteiger partial charge in [0.25, 0.3) is 0 Å². The molecule has 0 N–H and O–H groups in total. The van der Waals surface area contributed by atoms with Crippen LogP contribution in [0.2, 0.25) is 0 Å². The van der Waals surface area contributed by atoms with Gasteiger partial charge in [0.15, 0.2) is 0 Å². The number of rotatable bonds is 4. The second-order valence-electron chi connectivity index (χ2n) is 5.75. The topological polar surface area (TPSA) is 50.5 Å². The maximum absolute atomic E-state index is 4.47. The fraction of sp³-hybridized carbons (Fsp3) is 0. The highest BCUT2D eigenvalue weighted by molar-refractivity contribution is 5.75. The molecule has 2 heterocycles. The molecule has 4 heteroatoms. The largest absolute Gasteiger partial charge is 0.264 e. The van der Waals surface area contributed by atoms with Gasteiger partial charge in [-0.3, -0.25) is 9.97 Å². The third-order valence-electron chi connectivity index (χ3n) is 3.99. The molecule has 2 aromatic carbocycles. The average Bonchev–Trinajstić information content (AvgIpc) is 2.74. The Hall–Kier alpha value is -3.66. The maximum Gasteiger partial charge on any atom is 0.0935 e. The van der Waals surface area contributed by atoms with Gasteiger partial charge in [-0.1, -0.05) is 42.5 Å². The first-order valence-electron chi connectivity index (χ1n) is 8.32. The van der Waals surface area contributed by atoms with Crippen molar-refractivity contribution < 1.29 is 0 Å². The van der Waals surface area contributed by atoms with Crippen LogP contribution < -0.4 is 0 Å². The van der Waals surface area contributed by atoms with Crippen LogP contribution in [-0.2, 0) is 0 Å². The Morgan fingerprint density at radius 2 is 1.31 bits per heavy atom. The molecule has 4 aromatic rings. The number of pyridine rings is 2. The summed E-state index contributed by atoms with van der Waals surface area (Å²) in [6.07, 6.45) is 7.20. The molecule has 0 aliphatic heterocycles. The van der Waals surface area contributed by atoms with Crippen LogP contribution in [-0.4, -0.2) is 9.97 Å². The van der Waals surface area contributed by atoms with E-state index in [9.17, 15) is 0 Å². The Morgan fingerprint density at radius 3 is 2.08 bits per heavy atom. The van der Waals surface area contributed by atoms with E-state index in [1.54, 1.807) is 12.4 Å². The van der Waals surface area contributed by atoms with Crippen LogP contribution in [0.5, 0.6) is 0 Å². The van der Waals surface area contributed by atoms with Crippen LogP contribution in [0.1, 0.15) is 0 Å². The summed E-state index contributed by atoms with van der Waals surface area (Å²) in [4.78, 5) is 8.36. The highest BCUT2D eigenvalue weighted by Crippen LogP contribution is 2.31. The summed E-state index contributed by atoms with van der Waals surface area (Å²) in [7, 11) is 0. The third kappa shape index (κ3) is 3.54. The first-order valence-corrected chi connectivity index (χ1v) is 8.32. The van der Waals surface area contributed by atoms with Crippen LogP contribution >= 0.6 is 0 Å². The molecule has 0 amide bonds. The normalized spacial score (nSPS) is 10.9. The minimum absolute atomic E-state index is 0.798. The molecule has 0 spiro atoms. The molecule has 0 unspecified atom stereocenters. The number of hydrogen-bond acceptors (Lipinski definition) is 4. The zero-order chi connectivity index (χ0) is 17.6. The van der Waals surface area contributed by atoms with E-state index >= 15 is 0 Å². The van der Waals surface area contributed by atoms with Crippen molar-refractivity contribution in [3.8, 4) is 22.3 Å². The Bertz CT molecular complexity index is 1030. The Morgan fingerprint density at radius 1 is 0.577 bits per heavy atom. The lowest BCUT2D eigenvalue weighted by Gasteiger charge is -2.04. The van der Waals surface area contributed by atoms with Crippen LogP contribution in [0.3, 0.4) is 0 Å². The van der Waals surface area contributed by atoms with E-state index < -0.39 is 0 Å². The molecule has 124 valence electrons. The van der Waals surface area contributed by atoms with Crippen molar-refractivity contribution in [1.82, 2.24) is 9.97 Å². The second kappa shape index (κ2) is 7.49. The van der Waals surface area contributed by atoms with Gasteiger partial charge < -0.3 is 0 Å². The zero-order valence-corrected chi connectivity index (χ0v) is 14.0. The van der Waals surface area contributed by atoms with Crippen LogP contribution in [0.25, 0.3) is 22.3 Å².